The molecule has 0 heterocycles. The number of fused-ring (bicyclic) bond motifs is 1. The minimum atomic E-state index is -0.523. The monoisotopic (exact) mass is 402 g/mol. The lowest BCUT2D eigenvalue weighted by molar-refractivity contribution is -0.140. The number of carbonyl (C=O) groups excluding carboxylic acids is 2. The molecule has 30 heavy (non-hydrogen) atoms. The quantitative estimate of drug-likeness (QED) is 0.597. The highest BCUT2D eigenvalue weighted by Crippen LogP contribution is 2.21. The Morgan fingerprint density at radius 3 is 2.50 bits per heavy atom. The maximum Gasteiger partial charge on any atom is 0.242 e. The van der Waals surface area contributed by atoms with E-state index in [0.717, 1.165) is 16.7 Å². The Morgan fingerprint density at radius 1 is 1.00 bits per heavy atom. The zero-order valence-corrected chi connectivity index (χ0v) is 18.0. The third-order valence-corrected chi connectivity index (χ3v) is 5.44. The molecule has 3 rings (SSSR count). The second kappa shape index (κ2) is 10.1. The van der Waals surface area contributed by atoms with E-state index in [2.05, 4.69) is 35.6 Å². The van der Waals surface area contributed by atoms with Gasteiger partial charge >= 0.3 is 0 Å². The van der Waals surface area contributed by atoms with E-state index in [4.69, 9.17) is 0 Å². The molecule has 0 bridgehead atoms. The maximum atomic E-state index is 13.2. The van der Waals surface area contributed by atoms with Gasteiger partial charge in [0.05, 0.1) is 0 Å². The van der Waals surface area contributed by atoms with Gasteiger partial charge in [-0.15, -0.1) is 0 Å². The summed E-state index contributed by atoms with van der Waals surface area (Å²) in [6.45, 7) is 6.69. The van der Waals surface area contributed by atoms with E-state index >= 15 is 0 Å². The average molecular weight is 403 g/mol. The molecule has 4 nitrogen and oxygen atoms in total. The lowest BCUT2D eigenvalue weighted by Crippen LogP contribution is -2.47. The molecule has 0 fully saturated rings. The van der Waals surface area contributed by atoms with Crippen LogP contribution in [0.2, 0.25) is 0 Å². The average Bonchev–Trinajstić information content (AvgIpc) is 2.75. The van der Waals surface area contributed by atoms with Crippen molar-refractivity contribution in [2.75, 3.05) is 6.54 Å². The lowest BCUT2D eigenvalue weighted by Gasteiger charge is -2.29. The predicted molar refractivity (Wildman–Crippen MR) is 122 cm³/mol. The molecule has 0 unspecified atom stereocenters. The fourth-order valence-electron chi connectivity index (χ4n) is 3.81. The van der Waals surface area contributed by atoms with E-state index in [9.17, 15) is 9.59 Å². The summed E-state index contributed by atoms with van der Waals surface area (Å²) in [6.07, 6.45) is 1.01. The highest BCUT2D eigenvalue weighted by Gasteiger charge is 2.25. The van der Waals surface area contributed by atoms with Gasteiger partial charge in [0.15, 0.2) is 0 Å². The molecule has 0 aromatic heterocycles. The molecule has 1 N–H and O–H groups in total. The molecule has 3 aromatic carbocycles. The lowest BCUT2D eigenvalue weighted by atomic mass is 10.0. The van der Waals surface area contributed by atoms with Crippen LogP contribution in [0.25, 0.3) is 10.8 Å². The van der Waals surface area contributed by atoms with Crippen LogP contribution >= 0.6 is 0 Å². The fourth-order valence-corrected chi connectivity index (χ4v) is 3.81. The zero-order valence-electron chi connectivity index (χ0n) is 18.0. The standard InChI is InChI=1S/C26H30N2O2/c1-4-27-26(30)20(3)28(18-21-10-7-9-19(2)17-21)25(29)16-15-23-13-8-12-22-11-5-6-14-24(22)23/h5-14,17,20H,4,15-16,18H2,1-3H3,(H,27,30)/t20-/m1/s1. The van der Waals surface area contributed by atoms with Crippen molar-refractivity contribution >= 4 is 22.6 Å². The number of rotatable bonds is 8. The summed E-state index contributed by atoms with van der Waals surface area (Å²) in [6, 6.07) is 22.0. The molecule has 0 radical (unpaired) electrons. The largest absolute Gasteiger partial charge is 0.355 e. The summed E-state index contributed by atoms with van der Waals surface area (Å²) >= 11 is 0. The molecule has 156 valence electrons. The van der Waals surface area contributed by atoms with Crippen LogP contribution in [0.3, 0.4) is 0 Å². The van der Waals surface area contributed by atoms with Crippen molar-refractivity contribution < 1.29 is 9.59 Å². The van der Waals surface area contributed by atoms with Crippen LogP contribution in [-0.4, -0.2) is 29.3 Å². The summed E-state index contributed by atoms with van der Waals surface area (Å²) in [4.78, 5) is 27.4. The SMILES string of the molecule is CCNC(=O)[C@@H](C)N(Cc1cccc(C)c1)C(=O)CCc1cccc2ccccc12. The number of benzene rings is 3. The Labute approximate surface area is 178 Å². The normalized spacial score (nSPS) is 11.8. The van der Waals surface area contributed by atoms with Gasteiger partial charge in [-0.2, -0.15) is 0 Å². The van der Waals surface area contributed by atoms with Crippen molar-refractivity contribution in [3.05, 3.63) is 83.4 Å². The fraction of sp³-hybridized carbons (Fsp3) is 0.308. The first kappa shape index (κ1) is 21.6. The highest BCUT2D eigenvalue weighted by atomic mass is 16.2. The van der Waals surface area contributed by atoms with E-state index in [1.165, 1.54) is 10.8 Å². The number of nitrogens with one attached hydrogen (secondary N) is 1. The first-order chi connectivity index (χ1) is 14.5. The third kappa shape index (κ3) is 5.26. The molecule has 0 aliphatic carbocycles. The molecule has 3 aromatic rings. The van der Waals surface area contributed by atoms with Crippen LogP contribution in [0.15, 0.2) is 66.7 Å². The molecule has 0 aliphatic rings. The number of hydrogen-bond donors (Lipinski definition) is 1. The number of amides is 2. The molecular weight excluding hydrogens is 372 g/mol. The van der Waals surface area contributed by atoms with Crippen molar-refractivity contribution in [2.45, 2.75) is 46.2 Å². The van der Waals surface area contributed by atoms with E-state index in [1.807, 2.05) is 50.2 Å². The molecule has 1 atom stereocenters. The van der Waals surface area contributed by atoms with E-state index in [0.29, 0.717) is 25.9 Å². The smallest absolute Gasteiger partial charge is 0.242 e. The molecule has 2 amide bonds. The zero-order chi connectivity index (χ0) is 21.5. The molecule has 0 saturated carbocycles. The summed E-state index contributed by atoms with van der Waals surface area (Å²) < 4.78 is 0. The molecule has 0 saturated heterocycles. The first-order valence-corrected chi connectivity index (χ1v) is 10.6. The van der Waals surface area contributed by atoms with E-state index in [-0.39, 0.29) is 11.8 Å². The topological polar surface area (TPSA) is 49.4 Å². The van der Waals surface area contributed by atoms with Gasteiger partial charge < -0.3 is 10.2 Å². The van der Waals surface area contributed by atoms with Gasteiger partial charge in [-0.25, -0.2) is 0 Å². The van der Waals surface area contributed by atoms with Crippen molar-refractivity contribution in [3.8, 4) is 0 Å². The number of hydrogen-bond acceptors (Lipinski definition) is 2. The van der Waals surface area contributed by atoms with Gasteiger partial charge in [0.1, 0.15) is 6.04 Å². The van der Waals surface area contributed by atoms with Crippen LogP contribution in [-0.2, 0) is 22.6 Å². The second-order valence-corrected chi connectivity index (χ2v) is 7.72. The number of nitrogens with zero attached hydrogens (tertiary/aromatic N) is 1. The molecule has 4 heteroatoms. The summed E-state index contributed by atoms with van der Waals surface area (Å²) in [5, 5.41) is 5.19. The molecule has 0 spiro atoms. The summed E-state index contributed by atoms with van der Waals surface area (Å²) in [5.41, 5.74) is 3.33. The Morgan fingerprint density at radius 2 is 1.73 bits per heavy atom. The van der Waals surface area contributed by atoms with Gasteiger partial charge in [-0.05, 0) is 49.1 Å². The highest BCUT2D eigenvalue weighted by molar-refractivity contribution is 5.88. The van der Waals surface area contributed by atoms with Crippen LogP contribution in [0, 0.1) is 6.92 Å². The number of carbonyl (C=O) groups is 2. The van der Waals surface area contributed by atoms with Crippen molar-refractivity contribution in [1.82, 2.24) is 10.2 Å². The van der Waals surface area contributed by atoms with Crippen LogP contribution in [0.5, 0.6) is 0 Å². The van der Waals surface area contributed by atoms with Crippen molar-refractivity contribution in [3.63, 3.8) is 0 Å². The van der Waals surface area contributed by atoms with Crippen molar-refractivity contribution in [1.29, 1.82) is 0 Å². The molecular formula is C26H30N2O2. The number of likely N-dealkylation sites (N-methyl/N-ethyl adjacent to an activating group) is 1. The van der Waals surface area contributed by atoms with Crippen LogP contribution < -0.4 is 5.32 Å². The third-order valence-electron chi connectivity index (χ3n) is 5.44. The van der Waals surface area contributed by atoms with Crippen molar-refractivity contribution in [2.24, 2.45) is 0 Å². The van der Waals surface area contributed by atoms with Gasteiger partial charge in [0.2, 0.25) is 11.8 Å². The van der Waals surface area contributed by atoms with Gasteiger partial charge in [0.25, 0.3) is 0 Å². The van der Waals surface area contributed by atoms with Crippen LogP contribution in [0.4, 0.5) is 0 Å². The molecule has 0 aliphatic heterocycles. The van der Waals surface area contributed by atoms with Gasteiger partial charge in [-0.1, -0.05) is 72.3 Å². The van der Waals surface area contributed by atoms with Gasteiger partial charge in [0, 0.05) is 19.5 Å². The Hall–Kier alpha value is -3.14. The Bertz CT molecular complexity index is 1020. The van der Waals surface area contributed by atoms with Gasteiger partial charge in [-0.3, -0.25) is 9.59 Å². The minimum Gasteiger partial charge on any atom is -0.355 e. The first-order valence-electron chi connectivity index (χ1n) is 10.6. The van der Waals surface area contributed by atoms with E-state index < -0.39 is 6.04 Å². The number of aryl methyl sites for hydroxylation is 2. The summed E-state index contributed by atoms with van der Waals surface area (Å²) in [5.74, 6) is -0.133. The summed E-state index contributed by atoms with van der Waals surface area (Å²) in [7, 11) is 0. The maximum absolute atomic E-state index is 13.2. The second-order valence-electron chi connectivity index (χ2n) is 7.72. The van der Waals surface area contributed by atoms with Crippen LogP contribution in [0.1, 0.15) is 37.0 Å². The van der Waals surface area contributed by atoms with E-state index in [1.54, 1.807) is 11.8 Å². The predicted octanol–water partition coefficient (Wildman–Crippen LogP) is 4.63. The Kier molecular flexibility index (Phi) is 7.23. The Balaban J connectivity index is 1.79. The minimum absolute atomic E-state index is 0.0109.